The number of carbonyl (C=O) groups is 1. The van der Waals surface area contributed by atoms with Gasteiger partial charge < -0.3 is 15.9 Å². The lowest BCUT2D eigenvalue weighted by Crippen LogP contribution is -2.04. The maximum Gasteiger partial charge on any atom is 0.337 e. The second kappa shape index (κ2) is 5.04. The normalized spacial score (nSPS) is 10.3. The fourth-order valence-electron chi connectivity index (χ4n) is 1.19. The van der Waals surface area contributed by atoms with Crippen LogP contribution >= 0.6 is 11.8 Å². The van der Waals surface area contributed by atoms with Crippen LogP contribution in [0.5, 0.6) is 0 Å². The average Bonchev–Trinajstić information content (AvgIpc) is 2.19. The van der Waals surface area contributed by atoms with Gasteiger partial charge >= 0.3 is 5.97 Å². The molecule has 82 valence electrons. The zero-order valence-electron chi connectivity index (χ0n) is 8.36. The third-order valence-corrected chi connectivity index (χ3v) is 2.91. The molecule has 0 spiro atoms. The van der Waals surface area contributed by atoms with Gasteiger partial charge in [0.05, 0.1) is 12.2 Å². The largest absolute Gasteiger partial charge is 0.478 e. The molecule has 0 fully saturated rings. The molecule has 0 amide bonds. The summed E-state index contributed by atoms with van der Waals surface area (Å²) in [5.41, 5.74) is 6.81. The molecule has 1 aromatic rings. The maximum absolute atomic E-state index is 10.9. The number of nitrogens with two attached hydrogens (primary N) is 1. The molecule has 0 aliphatic rings. The Morgan fingerprint density at radius 3 is 2.73 bits per heavy atom. The predicted octanol–water partition coefficient (Wildman–Crippen LogP) is 1.36. The van der Waals surface area contributed by atoms with Crippen LogP contribution in [0, 0.1) is 6.92 Å². The van der Waals surface area contributed by atoms with Crippen LogP contribution in [0.2, 0.25) is 0 Å². The van der Waals surface area contributed by atoms with Crippen LogP contribution in [0.15, 0.2) is 17.0 Å². The first-order chi connectivity index (χ1) is 7.06. The SMILES string of the molecule is Cc1cc(SCCO)cc(C(=O)O)c1N. The van der Waals surface area contributed by atoms with Crippen LogP contribution in [0.3, 0.4) is 0 Å². The number of carboxylic acid groups (broad SMARTS) is 1. The van der Waals surface area contributed by atoms with Gasteiger partial charge in [-0.2, -0.15) is 0 Å². The molecule has 15 heavy (non-hydrogen) atoms. The van der Waals surface area contributed by atoms with Crippen molar-refractivity contribution in [2.24, 2.45) is 0 Å². The van der Waals surface area contributed by atoms with E-state index >= 15 is 0 Å². The first-order valence-electron chi connectivity index (χ1n) is 4.43. The minimum Gasteiger partial charge on any atom is -0.478 e. The number of aliphatic hydroxyl groups is 1. The van der Waals surface area contributed by atoms with Gasteiger partial charge in [0.2, 0.25) is 0 Å². The van der Waals surface area contributed by atoms with Gasteiger partial charge in [0.1, 0.15) is 0 Å². The van der Waals surface area contributed by atoms with Crippen LogP contribution in [0.4, 0.5) is 5.69 Å². The molecule has 0 aromatic heterocycles. The lowest BCUT2D eigenvalue weighted by Gasteiger charge is -2.08. The van der Waals surface area contributed by atoms with Crippen molar-refractivity contribution in [3.63, 3.8) is 0 Å². The summed E-state index contributed by atoms with van der Waals surface area (Å²) in [6.45, 7) is 1.83. The van der Waals surface area contributed by atoms with E-state index in [-0.39, 0.29) is 12.2 Å². The van der Waals surface area contributed by atoms with Gasteiger partial charge in [-0.25, -0.2) is 4.79 Å². The first kappa shape index (κ1) is 11.9. The summed E-state index contributed by atoms with van der Waals surface area (Å²) in [4.78, 5) is 11.7. The molecule has 0 radical (unpaired) electrons. The molecular formula is C10H13NO3S. The van der Waals surface area contributed by atoms with Gasteiger partial charge in [-0.15, -0.1) is 11.8 Å². The monoisotopic (exact) mass is 227 g/mol. The molecule has 0 unspecified atom stereocenters. The number of rotatable bonds is 4. The zero-order chi connectivity index (χ0) is 11.4. The highest BCUT2D eigenvalue weighted by Crippen LogP contribution is 2.26. The van der Waals surface area contributed by atoms with Gasteiger partial charge in [0, 0.05) is 16.3 Å². The van der Waals surface area contributed by atoms with E-state index in [0.29, 0.717) is 11.4 Å². The van der Waals surface area contributed by atoms with Gasteiger partial charge in [0.15, 0.2) is 0 Å². The van der Waals surface area contributed by atoms with Crippen molar-refractivity contribution in [2.75, 3.05) is 18.1 Å². The van der Waals surface area contributed by atoms with E-state index in [2.05, 4.69) is 0 Å². The smallest absolute Gasteiger partial charge is 0.337 e. The Bertz CT molecular complexity index is 379. The van der Waals surface area contributed by atoms with Crippen molar-refractivity contribution in [3.8, 4) is 0 Å². The Kier molecular flexibility index (Phi) is 3.99. The van der Waals surface area contributed by atoms with Crippen molar-refractivity contribution < 1.29 is 15.0 Å². The number of aryl methyl sites for hydroxylation is 1. The number of benzene rings is 1. The first-order valence-corrected chi connectivity index (χ1v) is 5.42. The Hall–Kier alpha value is -1.20. The van der Waals surface area contributed by atoms with Crippen LogP contribution in [-0.2, 0) is 0 Å². The number of aromatic carboxylic acids is 1. The molecule has 4 nitrogen and oxygen atoms in total. The van der Waals surface area contributed by atoms with Crippen molar-refractivity contribution in [1.82, 2.24) is 0 Å². The van der Waals surface area contributed by atoms with E-state index in [1.54, 1.807) is 6.92 Å². The lowest BCUT2D eigenvalue weighted by molar-refractivity contribution is 0.0697. The summed E-state index contributed by atoms with van der Waals surface area (Å²) < 4.78 is 0. The highest BCUT2D eigenvalue weighted by Gasteiger charge is 2.11. The van der Waals surface area contributed by atoms with Crippen molar-refractivity contribution in [2.45, 2.75) is 11.8 Å². The Labute approximate surface area is 92.1 Å². The number of anilines is 1. The second-order valence-corrected chi connectivity index (χ2v) is 4.25. The molecule has 0 aliphatic carbocycles. The van der Waals surface area contributed by atoms with Gasteiger partial charge in [0.25, 0.3) is 0 Å². The van der Waals surface area contributed by atoms with E-state index < -0.39 is 5.97 Å². The third kappa shape index (κ3) is 2.87. The van der Waals surface area contributed by atoms with Crippen LogP contribution < -0.4 is 5.73 Å². The Morgan fingerprint density at radius 2 is 2.20 bits per heavy atom. The molecule has 1 aromatic carbocycles. The molecule has 4 N–H and O–H groups in total. The molecular weight excluding hydrogens is 214 g/mol. The fourth-order valence-corrected chi connectivity index (χ4v) is 1.98. The maximum atomic E-state index is 10.9. The van der Waals surface area contributed by atoms with Gasteiger partial charge in [-0.1, -0.05) is 0 Å². The summed E-state index contributed by atoms with van der Waals surface area (Å²) in [6, 6.07) is 3.35. The highest BCUT2D eigenvalue weighted by molar-refractivity contribution is 7.99. The Balaban J connectivity index is 3.06. The third-order valence-electron chi connectivity index (χ3n) is 1.95. The summed E-state index contributed by atoms with van der Waals surface area (Å²) in [7, 11) is 0. The van der Waals surface area contributed by atoms with E-state index in [1.165, 1.54) is 17.8 Å². The minimum atomic E-state index is -1.03. The van der Waals surface area contributed by atoms with E-state index in [4.69, 9.17) is 15.9 Å². The molecule has 0 heterocycles. The molecule has 0 saturated heterocycles. The fraction of sp³-hybridized carbons (Fsp3) is 0.300. The van der Waals surface area contributed by atoms with Gasteiger partial charge in [-0.3, -0.25) is 0 Å². The molecule has 0 aliphatic heterocycles. The number of thioether (sulfide) groups is 1. The summed E-state index contributed by atoms with van der Waals surface area (Å²) in [5, 5.41) is 17.6. The average molecular weight is 227 g/mol. The number of carboxylic acids is 1. The van der Waals surface area contributed by atoms with Crippen LogP contribution in [0.1, 0.15) is 15.9 Å². The van der Waals surface area contributed by atoms with Crippen molar-refractivity contribution in [1.29, 1.82) is 0 Å². The van der Waals surface area contributed by atoms with Crippen LogP contribution in [0.25, 0.3) is 0 Å². The lowest BCUT2D eigenvalue weighted by atomic mass is 10.1. The van der Waals surface area contributed by atoms with E-state index in [1.807, 2.05) is 6.07 Å². The zero-order valence-corrected chi connectivity index (χ0v) is 9.17. The number of aliphatic hydroxyl groups excluding tert-OH is 1. The van der Waals surface area contributed by atoms with Crippen LogP contribution in [-0.4, -0.2) is 28.5 Å². The standard InChI is InChI=1S/C10H13NO3S/c1-6-4-7(15-3-2-12)5-8(9(6)11)10(13)14/h4-5,12H,2-3,11H2,1H3,(H,13,14). The van der Waals surface area contributed by atoms with Crippen molar-refractivity contribution in [3.05, 3.63) is 23.3 Å². The topological polar surface area (TPSA) is 83.5 Å². The predicted molar refractivity (Wildman–Crippen MR) is 60.4 cm³/mol. The molecule has 0 saturated carbocycles. The number of hydrogen-bond acceptors (Lipinski definition) is 4. The summed E-state index contributed by atoms with van der Waals surface area (Å²) in [5.74, 6) is -0.482. The highest BCUT2D eigenvalue weighted by atomic mass is 32.2. The van der Waals surface area contributed by atoms with E-state index in [9.17, 15) is 4.79 Å². The van der Waals surface area contributed by atoms with E-state index in [0.717, 1.165) is 10.5 Å². The molecule has 0 atom stereocenters. The summed E-state index contributed by atoms with van der Waals surface area (Å²) >= 11 is 1.41. The molecule has 0 bridgehead atoms. The minimum absolute atomic E-state index is 0.0660. The number of nitrogen functional groups attached to an aromatic ring is 1. The quantitative estimate of drug-likeness (QED) is 0.534. The second-order valence-electron chi connectivity index (χ2n) is 3.08. The van der Waals surface area contributed by atoms with Gasteiger partial charge in [-0.05, 0) is 24.6 Å². The molecule has 5 heteroatoms. The number of hydrogen-bond donors (Lipinski definition) is 3. The molecule has 1 rings (SSSR count). The Morgan fingerprint density at radius 1 is 1.53 bits per heavy atom. The van der Waals surface area contributed by atoms with Crippen molar-refractivity contribution >= 4 is 23.4 Å². The summed E-state index contributed by atoms with van der Waals surface area (Å²) in [6.07, 6.45) is 0.